The molecule has 0 spiro atoms. The number of aliphatic imine (C=N–C) groups is 1. The van der Waals surface area contributed by atoms with Crippen LogP contribution in [0, 0.1) is 0 Å². The third kappa shape index (κ3) is 4.31. The highest BCUT2D eigenvalue weighted by Crippen LogP contribution is 2.35. The molecule has 0 saturated carbocycles. The predicted octanol–water partition coefficient (Wildman–Crippen LogP) is 3.95. The van der Waals surface area contributed by atoms with Crippen LogP contribution in [0.15, 0.2) is 64.4 Å². The molecular weight excluding hydrogens is 424 g/mol. The number of phenolic OH excluding ortho intramolecular Hbond substituents is 2. The van der Waals surface area contributed by atoms with E-state index in [9.17, 15) is 20.1 Å². The minimum absolute atomic E-state index is 0.194. The second-order valence-corrected chi connectivity index (χ2v) is 7.34. The number of benzene rings is 3. The van der Waals surface area contributed by atoms with Crippen LogP contribution in [-0.2, 0) is 6.54 Å². The van der Waals surface area contributed by atoms with Crippen molar-refractivity contribution < 1.29 is 24.8 Å². The first kappa shape index (κ1) is 21.8. The number of aromatic hydroxyl groups is 3. The SMILES string of the molecule is COc1ccc(-c2ccc3c(=O)[nH]c(O)c(C=NCc4ccc(O)c(O)c4)c3c2)c(OC)c1. The summed E-state index contributed by atoms with van der Waals surface area (Å²) in [4.78, 5) is 19.2. The number of aromatic amines is 1. The van der Waals surface area contributed by atoms with Crippen LogP contribution in [0.3, 0.4) is 0 Å². The first-order valence-electron chi connectivity index (χ1n) is 10.0. The molecule has 0 unspecified atom stereocenters. The number of hydrogen-bond acceptors (Lipinski definition) is 7. The first-order chi connectivity index (χ1) is 15.9. The van der Waals surface area contributed by atoms with Crippen molar-refractivity contribution in [3.8, 4) is 40.0 Å². The lowest BCUT2D eigenvalue weighted by Crippen LogP contribution is -2.08. The summed E-state index contributed by atoms with van der Waals surface area (Å²) < 4.78 is 10.8. The Morgan fingerprint density at radius 1 is 0.909 bits per heavy atom. The van der Waals surface area contributed by atoms with Gasteiger partial charge in [-0.15, -0.1) is 0 Å². The maximum atomic E-state index is 12.4. The fraction of sp³-hybridized carbons (Fsp3) is 0.120. The van der Waals surface area contributed by atoms with Gasteiger partial charge in [0.15, 0.2) is 11.5 Å². The largest absolute Gasteiger partial charge is 0.504 e. The fourth-order valence-electron chi connectivity index (χ4n) is 3.58. The predicted molar refractivity (Wildman–Crippen MR) is 126 cm³/mol. The molecule has 0 saturated heterocycles. The maximum Gasteiger partial charge on any atom is 0.258 e. The zero-order valence-electron chi connectivity index (χ0n) is 18.0. The van der Waals surface area contributed by atoms with E-state index in [1.165, 1.54) is 18.3 Å². The van der Waals surface area contributed by atoms with Crippen LogP contribution in [0.2, 0.25) is 0 Å². The summed E-state index contributed by atoms with van der Waals surface area (Å²) in [5.74, 6) is 0.499. The highest BCUT2D eigenvalue weighted by Gasteiger charge is 2.13. The fourth-order valence-corrected chi connectivity index (χ4v) is 3.58. The minimum atomic E-state index is -0.420. The van der Waals surface area contributed by atoms with Crippen molar-refractivity contribution in [1.29, 1.82) is 0 Å². The minimum Gasteiger partial charge on any atom is -0.504 e. The van der Waals surface area contributed by atoms with Crippen molar-refractivity contribution in [2.24, 2.45) is 4.99 Å². The second-order valence-electron chi connectivity index (χ2n) is 7.34. The number of methoxy groups -OCH3 is 2. The van der Waals surface area contributed by atoms with E-state index in [-0.39, 0.29) is 23.9 Å². The van der Waals surface area contributed by atoms with Gasteiger partial charge in [0.05, 0.1) is 26.3 Å². The van der Waals surface area contributed by atoms with Gasteiger partial charge in [-0.05, 0) is 47.5 Å². The number of ether oxygens (including phenoxy) is 2. The third-order valence-corrected chi connectivity index (χ3v) is 5.30. The van der Waals surface area contributed by atoms with Gasteiger partial charge < -0.3 is 24.8 Å². The van der Waals surface area contributed by atoms with Crippen LogP contribution in [0.4, 0.5) is 0 Å². The van der Waals surface area contributed by atoms with Crippen LogP contribution in [0.25, 0.3) is 21.9 Å². The highest BCUT2D eigenvalue weighted by atomic mass is 16.5. The molecule has 0 aliphatic carbocycles. The number of hydrogen-bond donors (Lipinski definition) is 4. The van der Waals surface area contributed by atoms with E-state index in [4.69, 9.17) is 9.47 Å². The molecule has 0 aliphatic rings. The van der Waals surface area contributed by atoms with Crippen molar-refractivity contribution in [2.75, 3.05) is 14.2 Å². The Kier molecular flexibility index (Phi) is 5.91. The summed E-state index contributed by atoms with van der Waals surface area (Å²) >= 11 is 0. The van der Waals surface area contributed by atoms with Crippen LogP contribution in [-0.4, -0.2) is 40.7 Å². The van der Waals surface area contributed by atoms with Crippen molar-refractivity contribution in [2.45, 2.75) is 6.54 Å². The molecule has 1 heterocycles. The molecule has 33 heavy (non-hydrogen) atoms. The first-order valence-corrected chi connectivity index (χ1v) is 10.0. The summed E-state index contributed by atoms with van der Waals surface area (Å²) in [5, 5.41) is 30.4. The Bertz CT molecular complexity index is 1420. The van der Waals surface area contributed by atoms with E-state index in [1.807, 2.05) is 12.1 Å². The van der Waals surface area contributed by atoms with Crippen LogP contribution >= 0.6 is 0 Å². The number of nitrogens with one attached hydrogen (secondary N) is 1. The average molecular weight is 446 g/mol. The van der Waals surface area contributed by atoms with E-state index in [0.717, 1.165) is 11.1 Å². The van der Waals surface area contributed by atoms with E-state index in [0.29, 0.717) is 33.4 Å². The smallest absolute Gasteiger partial charge is 0.258 e. The molecule has 0 amide bonds. The van der Waals surface area contributed by atoms with E-state index < -0.39 is 5.56 Å². The topological polar surface area (TPSA) is 124 Å². The monoisotopic (exact) mass is 446 g/mol. The zero-order chi connectivity index (χ0) is 23.5. The number of aromatic nitrogens is 1. The van der Waals surface area contributed by atoms with E-state index in [2.05, 4.69) is 9.98 Å². The summed E-state index contributed by atoms with van der Waals surface area (Å²) in [6, 6.07) is 15.1. The molecule has 4 aromatic rings. The van der Waals surface area contributed by atoms with Gasteiger partial charge in [-0.3, -0.25) is 14.8 Å². The molecule has 3 aromatic carbocycles. The van der Waals surface area contributed by atoms with Gasteiger partial charge in [0.1, 0.15) is 11.5 Å². The van der Waals surface area contributed by atoms with E-state index in [1.54, 1.807) is 44.6 Å². The lowest BCUT2D eigenvalue weighted by atomic mass is 9.99. The van der Waals surface area contributed by atoms with Crippen LogP contribution in [0.1, 0.15) is 11.1 Å². The van der Waals surface area contributed by atoms with Crippen molar-refractivity contribution in [3.63, 3.8) is 0 Å². The lowest BCUT2D eigenvalue weighted by Gasteiger charge is -2.12. The van der Waals surface area contributed by atoms with Gasteiger partial charge in [0, 0.05) is 28.6 Å². The molecule has 168 valence electrons. The second kappa shape index (κ2) is 8.96. The molecule has 1 aromatic heterocycles. The average Bonchev–Trinajstić information content (AvgIpc) is 2.82. The van der Waals surface area contributed by atoms with Crippen molar-refractivity contribution in [3.05, 3.63) is 76.1 Å². The summed E-state index contributed by atoms with van der Waals surface area (Å²) in [5.41, 5.74) is 2.17. The Balaban J connectivity index is 1.78. The Hall–Kier alpha value is -4.46. The van der Waals surface area contributed by atoms with Gasteiger partial charge in [0.25, 0.3) is 5.56 Å². The van der Waals surface area contributed by atoms with Gasteiger partial charge in [-0.1, -0.05) is 12.1 Å². The number of nitrogens with zero attached hydrogens (tertiary/aromatic N) is 1. The van der Waals surface area contributed by atoms with Crippen molar-refractivity contribution >= 4 is 17.0 Å². The zero-order valence-corrected chi connectivity index (χ0v) is 18.0. The summed E-state index contributed by atoms with van der Waals surface area (Å²) in [7, 11) is 3.14. The molecule has 0 radical (unpaired) electrons. The molecule has 0 fully saturated rings. The molecule has 0 bridgehead atoms. The summed E-state index contributed by atoms with van der Waals surface area (Å²) in [6.07, 6.45) is 1.46. The molecule has 8 nitrogen and oxygen atoms in total. The quantitative estimate of drug-likeness (QED) is 0.263. The molecule has 4 N–H and O–H groups in total. The van der Waals surface area contributed by atoms with Gasteiger partial charge >= 0.3 is 0 Å². The van der Waals surface area contributed by atoms with Gasteiger partial charge in [0.2, 0.25) is 5.88 Å². The summed E-state index contributed by atoms with van der Waals surface area (Å²) in [6.45, 7) is 0.194. The lowest BCUT2D eigenvalue weighted by molar-refractivity contribution is 0.395. The molecule has 0 aliphatic heterocycles. The number of rotatable bonds is 6. The van der Waals surface area contributed by atoms with Crippen LogP contribution in [0.5, 0.6) is 28.9 Å². The van der Waals surface area contributed by atoms with E-state index >= 15 is 0 Å². The van der Waals surface area contributed by atoms with Crippen LogP contribution < -0.4 is 15.0 Å². The maximum absolute atomic E-state index is 12.4. The molecular formula is C25H22N2O6. The number of H-pyrrole nitrogens is 1. The molecule has 0 atom stereocenters. The Morgan fingerprint density at radius 3 is 2.45 bits per heavy atom. The molecule has 8 heteroatoms. The van der Waals surface area contributed by atoms with Gasteiger partial charge in [-0.25, -0.2) is 0 Å². The molecule has 4 rings (SSSR count). The highest BCUT2D eigenvalue weighted by molar-refractivity contribution is 6.03. The third-order valence-electron chi connectivity index (χ3n) is 5.30. The number of pyridine rings is 1. The normalized spacial score (nSPS) is 11.2. The standard InChI is InChI=1S/C25H22N2O6/c1-32-16-5-7-17(23(11-16)33-2)15-4-6-18-19(10-15)20(25(31)27-24(18)30)13-26-12-14-3-8-21(28)22(29)9-14/h3-11,13,28-29H,12H2,1-2H3,(H2,27,30,31). The number of fused-ring (bicyclic) bond motifs is 1. The van der Waals surface area contributed by atoms with Gasteiger partial charge in [-0.2, -0.15) is 0 Å². The Labute approximate surface area is 189 Å². The Morgan fingerprint density at radius 2 is 1.73 bits per heavy atom. The number of phenols is 2. The van der Waals surface area contributed by atoms with Crippen molar-refractivity contribution in [1.82, 2.24) is 4.98 Å².